The minimum absolute atomic E-state index is 0.243. The Hall–Kier alpha value is -1.34. The first kappa shape index (κ1) is 15.6. The molecular weight excluding hydrogens is 366 g/mol. The molecule has 0 aliphatic heterocycles. The molecule has 0 radical (unpaired) electrons. The lowest BCUT2D eigenvalue weighted by Gasteiger charge is -2.15. The van der Waals surface area contributed by atoms with Crippen LogP contribution in [0.1, 0.15) is 37.4 Å². The van der Waals surface area contributed by atoms with Crippen LogP contribution in [0.25, 0.3) is 0 Å². The van der Waals surface area contributed by atoms with E-state index in [1.54, 1.807) is 30.3 Å². The highest BCUT2D eigenvalue weighted by Crippen LogP contribution is 2.32. The van der Waals surface area contributed by atoms with Gasteiger partial charge in [-0.1, -0.05) is 28.8 Å². The number of halogens is 1. The molecule has 1 saturated carbocycles. The van der Waals surface area contributed by atoms with Crippen LogP contribution in [0.3, 0.4) is 0 Å². The number of nitrogens with one attached hydrogen (secondary N) is 1. The quantitative estimate of drug-likeness (QED) is 0.871. The van der Waals surface area contributed by atoms with Gasteiger partial charge in [-0.25, -0.2) is 13.1 Å². The normalized spacial score (nSPS) is 16.1. The van der Waals surface area contributed by atoms with Crippen molar-refractivity contribution in [2.75, 3.05) is 4.72 Å². The molecular formula is C15H18BrN3O2S. The van der Waals surface area contributed by atoms with E-state index in [1.807, 2.05) is 11.6 Å². The average Bonchev–Trinajstić information content (AvgIpc) is 3.08. The summed E-state index contributed by atoms with van der Waals surface area (Å²) in [7, 11) is -3.60. The maximum atomic E-state index is 12.5. The van der Waals surface area contributed by atoms with Crippen molar-refractivity contribution in [3.8, 4) is 0 Å². The molecule has 1 N–H and O–H groups in total. The first-order chi connectivity index (χ1) is 10.5. The second kappa shape index (κ2) is 6.04. The van der Waals surface area contributed by atoms with Gasteiger partial charge in [0.25, 0.3) is 10.0 Å². The van der Waals surface area contributed by atoms with E-state index in [1.165, 1.54) is 12.8 Å². The standard InChI is InChI=1S/C15H18BrN3O2S/c1-11-10-15(19(17-11)13-4-2-3-5-13)18-22(20,21)14-8-6-12(16)7-9-14/h6-10,13,18H,2-5H2,1H3. The minimum Gasteiger partial charge on any atom is -0.264 e. The molecule has 3 rings (SSSR count). The Morgan fingerprint density at radius 2 is 1.86 bits per heavy atom. The zero-order chi connectivity index (χ0) is 15.7. The fraction of sp³-hybridized carbons (Fsp3) is 0.400. The number of aryl methyl sites for hydroxylation is 1. The van der Waals surface area contributed by atoms with Crippen molar-refractivity contribution in [2.24, 2.45) is 0 Å². The Morgan fingerprint density at radius 3 is 2.50 bits per heavy atom. The molecule has 5 nitrogen and oxygen atoms in total. The predicted octanol–water partition coefficient (Wildman–Crippen LogP) is 3.87. The SMILES string of the molecule is Cc1cc(NS(=O)(=O)c2ccc(Br)cc2)n(C2CCCC2)n1. The van der Waals surface area contributed by atoms with Gasteiger partial charge in [-0.3, -0.25) is 4.72 Å². The molecule has 0 spiro atoms. The van der Waals surface area contributed by atoms with Crippen molar-refractivity contribution in [1.29, 1.82) is 0 Å². The third kappa shape index (κ3) is 3.20. The fourth-order valence-corrected chi connectivity index (χ4v) is 4.13. The Kier molecular flexibility index (Phi) is 4.27. The Morgan fingerprint density at radius 1 is 1.23 bits per heavy atom. The molecule has 22 heavy (non-hydrogen) atoms. The summed E-state index contributed by atoms with van der Waals surface area (Å²) in [6.45, 7) is 1.88. The molecule has 1 aromatic carbocycles. The van der Waals surface area contributed by atoms with Crippen LogP contribution in [0.15, 0.2) is 39.7 Å². The van der Waals surface area contributed by atoms with Gasteiger partial charge in [0.1, 0.15) is 5.82 Å². The van der Waals surface area contributed by atoms with Gasteiger partial charge >= 0.3 is 0 Å². The number of rotatable bonds is 4. The number of benzene rings is 1. The lowest BCUT2D eigenvalue weighted by molar-refractivity contribution is 0.471. The summed E-state index contributed by atoms with van der Waals surface area (Å²) in [5.74, 6) is 0.548. The van der Waals surface area contributed by atoms with Crippen LogP contribution in [0, 0.1) is 6.92 Å². The first-order valence-corrected chi connectivity index (χ1v) is 9.58. The zero-order valence-electron chi connectivity index (χ0n) is 12.3. The maximum Gasteiger partial charge on any atom is 0.263 e. The van der Waals surface area contributed by atoms with Gasteiger partial charge in [0.05, 0.1) is 16.6 Å². The van der Waals surface area contributed by atoms with Crippen LogP contribution < -0.4 is 4.72 Å². The minimum atomic E-state index is -3.60. The Bertz CT molecular complexity index is 763. The second-order valence-electron chi connectivity index (χ2n) is 5.61. The highest BCUT2D eigenvalue weighted by atomic mass is 79.9. The fourth-order valence-electron chi connectivity index (χ4n) is 2.83. The molecule has 1 aliphatic carbocycles. The highest BCUT2D eigenvalue weighted by Gasteiger charge is 2.23. The monoisotopic (exact) mass is 383 g/mol. The van der Waals surface area contributed by atoms with Crippen molar-refractivity contribution in [1.82, 2.24) is 9.78 Å². The van der Waals surface area contributed by atoms with Crippen molar-refractivity contribution in [3.05, 3.63) is 40.5 Å². The van der Waals surface area contributed by atoms with Crippen molar-refractivity contribution < 1.29 is 8.42 Å². The van der Waals surface area contributed by atoms with Gasteiger partial charge in [0.15, 0.2) is 0 Å². The van der Waals surface area contributed by atoms with Crippen LogP contribution in [0.5, 0.6) is 0 Å². The molecule has 0 unspecified atom stereocenters. The van der Waals surface area contributed by atoms with E-state index in [2.05, 4.69) is 25.8 Å². The van der Waals surface area contributed by atoms with E-state index in [0.29, 0.717) is 5.82 Å². The number of nitrogens with zero attached hydrogens (tertiary/aromatic N) is 2. The Balaban J connectivity index is 1.90. The van der Waals surface area contributed by atoms with Crippen LogP contribution in [0.2, 0.25) is 0 Å². The molecule has 2 aromatic rings. The first-order valence-electron chi connectivity index (χ1n) is 7.30. The molecule has 1 heterocycles. The molecule has 1 aliphatic rings. The third-order valence-corrected chi connectivity index (χ3v) is 5.79. The van der Waals surface area contributed by atoms with Crippen molar-refractivity contribution >= 4 is 31.8 Å². The number of hydrogen-bond acceptors (Lipinski definition) is 3. The molecule has 118 valence electrons. The average molecular weight is 384 g/mol. The molecule has 0 bridgehead atoms. The van der Waals surface area contributed by atoms with Gasteiger partial charge in [-0.15, -0.1) is 0 Å². The number of anilines is 1. The van der Waals surface area contributed by atoms with Crippen LogP contribution in [0.4, 0.5) is 5.82 Å². The smallest absolute Gasteiger partial charge is 0.263 e. The molecule has 7 heteroatoms. The van der Waals surface area contributed by atoms with Gasteiger partial charge in [0, 0.05) is 10.5 Å². The summed E-state index contributed by atoms with van der Waals surface area (Å²) in [5.41, 5.74) is 0.820. The van der Waals surface area contributed by atoms with E-state index in [0.717, 1.165) is 23.0 Å². The second-order valence-corrected chi connectivity index (χ2v) is 8.21. The topological polar surface area (TPSA) is 64.0 Å². The largest absolute Gasteiger partial charge is 0.264 e. The maximum absolute atomic E-state index is 12.5. The van der Waals surface area contributed by atoms with E-state index < -0.39 is 10.0 Å². The van der Waals surface area contributed by atoms with Crippen LogP contribution >= 0.6 is 15.9 Å². The van der Waals surface area contributed by atoms with E-state index in [-0.39, 0.29) is 10.9 Å². The summed E-state index contributed by atoms with van der Waals surface area (Å²) < 4.78 is 30.4. The van der Waals surface area contributed by atoms with E-state index in [4.69, 9.17) is 0 Å². The molecule has 0 amide bonds. The number of hydrogen-bond donors (Lipinski definition) is 1. The lowest BCUT2D eigenvalue weighted by atomic mass is 10.2. The van der Waals surface area contributed by atoms with Crippen molar-refractivity contribution in [3.63, 3.8) is 0 Å². The van der Waals surface area contributed by atoms with Gasteiger partial charge in [0.2, 0.25) is 0 Å². The summed E-state index contributed by atoms with van der Waals surface area (Å²) in [4.78, 5) is 0.243. The third-order valence-electron chi connectivity index (χ3n) is 3.89. The summed E-state index contributed by atoms with van der Waals surface area (Å²) in [6, 6.07) is 8.67. The van der Waals surface area contributed by atoms with E-state index >= 15 is 0 Å². The van der Waals surface area contributed by atoms with Gasteiger partial charge in [-0.2, -0.15) is 5.10 Å². The molecule has 0 saturated heterocycles. The zero-order valence-corrected chi connectivity index (χ0v) is 14.7. The molecule has 0 atom stereocenters. The number of aromatic nitrogens is 2. The lowest BCUT2D eigenvalue weighted by Crippen LogP contribution is -2.18. The van der Waals surface area contributed by atoms with Crippen LogP contribution in [-0.2, 0) is 10.0 Å². The van der Waals surface area contributed by atoms with E-state index in [9.17, 15) is 8.42 Å². The van der Waals surface area contributed by atoms with Gasteiger partial charge in [-0.05, 0) is 44.0 Å². The molecule has 1 fully saturated rings. The number of sulfonamides is 1. The van der Waals surface area contributed by atoms with Crippen molar-refractivity contribution in [2.45, 2.75) is 43.5 Å². The summed E-state index contributed by atoms with van der Waals surface area (Å²) >= 11 is 3.31. The summed E-state index contributed by atoms with van der Waals surface area (Å²) in [6.07, 6.45) is 4.44. The Labute approximate surface area is 138 Å². The van der Waals surface area contributed by atoms with Crippen LogP contribution in [-0.4, -0.2) is 18.2 Å². The highest BCUT2D eigenvalue weighted by molar-refractivity contribution is 9.10. The summed E-state index contributed by atoms with van der Waals surface area (Å²) in [5, 5.41) is 4.47. The van der Waals surface area contributed by atoms with Gasteiger partial charge < -0.3 is 0 Å². The molecule has 1 aromatic heterocycles. The predicted molar refractivity (Wildman–Crippen MR) is 89.4 cm³/mol.